The van der Waals surface area contributed by atoms with Gasteiger partial charge in [-0.2, -0.15) is 0 Å². The maximum atomic E-state index is 13.2. The molecule has 0 atom stereocenters. The fraction of sp³-hybridized carbons (Fsp3) is 0. The van der Waals surface area contributed by atoms with Crippen molar-refractivity contribution in [2.75, 3.05) is 0 Å². The lowest BCUT2D eigenvalue weighted by Gasteiger charge is -2.11. The minimum Gasteiger partial charge on any atom is -0.218 e. The van der Waals surface area contributed by atoms with Crippen molar-refractivity contribution in [2.24, 2.45) is 0 Å². The number of benzene rings is 3. The van der Waals surface area contributed by atoms with Crippen molar-refractivity contribution >= 4 is 36.7 Å². The van der Waals surface area contributed by atoms with Gasteiger partial charge in [0.25, 0.3) is 0 Å². The monoisotopic (exact) mass is 398 g/mol. The second-order valence-corrected chi connectivity index (χ2v) is 8.08. The molecule has 0 bridgehead atoms. The van der Waals surface area contributed by atoms with Crippen molar-refractivity contribution in [2.45, 2.75) is 4.90 Å². The fourth-order valence-corrected chi connectivity index (χ4v) is 4.28. The van der Waals surface area contributed by atoms with E-state index in [1.807, 2.05) is 48.5 Å². The molecule has 0 aliphatic rings. The van der Waals surface area contributed by atoms with Crippen LogP contribution in [0.15, 0.2) is 94.3 Å². The van der Waals surface area contributed by atoms with Crippen molar-refractivity contribution in [3.63, 3.8) is 0 Å². The maximum Gasteiger partial charge on any atom is 0.207 e. The summed E-state index contributed by atoms with van der Waals surface area (Å²) >= 11 is 3.42. The molecule has 0 N–H and O–H groups in total. The van der Waals surface area contributed by atoms with E-state index in [1.165, 1.54) is 0 Å². The Balaban J connectivity index is 2.22. The van der Waals surface area contributed by atoms with Crippen LogP contribution in [-0.2, 0) is 9.84 Å². The highest BCUT2D eigenvalue weighted by atomic mass is 79.9. The Kier molecular flexibility index (Phi) is 4.97. The van der Waals surface area contributed by atoms with E-state index in [9.17, 15) is 8.42 Å². The highest BCUT2D eigenvalue weighted by Gasteiger charge is 2.22. The first-order chi connectivity index (χ1) is 11.6. The van der Waals surface area contributed by atoms with Gasteiger partial charge in [0.05, 0.1) is 9.80 Å². The van der Waals surface area contributed by atoms with Crippen LogP contribution in [0.3, 0.4) is 0 Å². The lowest BCUT2D eigenvalue weighted by atomic mass is 10.1. The van der Waals surface area contributed by atoms with E-state index in [0.29, 0.717) is 5.56 Å². The minimum absolute atomic E-state index is 0.279. The summed E-state index contributed by atoms with van der Waals surface area (Å²) in [6.07, 6.45) is 1.71. The predicted octanol–water partition coefficient (Wildman–Crippen LogP) is 5.42. The van der Waals surface area contributed by atoms with Gasteiger partial charge in [-0.15, -0.1) is 0 Å². The molecule has 0 radical (unpaired) electrons. The van der Waals surface area contributed by atoms with Crippen molar-refractivity contribution in [1.82, 2.24) is 0 Å². The van der Waals surface area contributed by atoms with E-state index in [1.54, 1.807) is 42.5 Å². The maximum absolute atomic E-state index is 13.2. The number of sulfone groups is 1. The Bertz CT molecular complexity index is 963. The first kappa shape index (κ1) is 16.7. The standard InChI is InChI=1S/C20H15BrO2S/c21-18-11-7-10-17(15-18)20(14-16-8-3-1-4-9-16)24(22,23)19-12-5-2-6-13-19/h1-15H/b20-14+. The zero-order valence-corrected chi connectivity index (χ0v) is 15.2. The average Bonchev–Trinajstić information content (AvgIpc) is 2.61. The van der Waals surface area contributed by atoms with Gasteiger partial charge in [-0.05, 0) is 41.5 Å². The van der Waals surface area contributed by atoms with E-state index in [-0.39, 0.29) is 9.80 Å². The Morgan fingerprint density at radius 1 is 0.792 bits per heavy atom. The summed E-state index contributed by atoms with van der Waals surface area (Å²) < 4.78 is 27.2. The topological polar surface area (TPSA) is 34.1 Å². The Morgan fingerprint density at radius 2 is 1.42 bits per heavy atom. The van der Waals surface area contributed by atoms with Gasteiger partial charge in [0.1, 0.15) is 0 Å². The van der Waals surface area contributed by atoms with Crippen LogP contribution in [0.4, 0.5) is 0 Å². The van der Waals surface area contributed by atoms with Crippen LogP contribution in [0.5, 0.6) is 0 Å². The molecule has 0 aliphatic carbocycles. The summed E-state index contributed by atoms with van der Waals surface area (Å²) in [6, 6.07) is 25.3. The molecule has 4 heteroatoms. The molecule has 0 spiro atoms. The summed E-state index contributed by atoms with van der Waals surface area (Å²) in [5.74, 6) is 0. The van der Waals surface area contributed by atoms with Crippen LogP contribution in [-0.4, -0.2) is 8.42 Å². The molecule has 0 aromatic heterocycles. The van der Waals surface area contributed by atoms with Gasteiger partial charge in [0, 0.05) is 4.47 Å². The third-order valence-electron chi connectivity index (χ3n) is 3.55. The molecule has 3 rings (SSSR count). The smallest absolute Gasteiger partial charge is 0.207 e. The molecule has 0 amide bonds. The van der Waals surface area contributed by atoms with Crippen LogP contribution < -0.4 is 0 Å². The summed E-state index contributed by atoms with van der Waals surface area (Å²) in [5, 5.41) is 0. The molecule has 0 aliphatic heterocycles. The van der Waals surface area contributed by atoms with Crippen LogP contribution in [0.25, 0.3) is 11.0 Å². The molecular formula is C20H15BrO2S. The summed E-state index contributed by atoms with van der Waals surface area (Å²) in [6.45, 7) is 0. The number of rotatable bonds is 4. The summed E-state index contributed by atoms with van der Waals surface area (Å²) in [5.41, 5.74) is 1.49. The molecule has 0 saturated heterocycles. The largest absolute Gasteiger partial charge is 0.218 e. The van der Waals surface area contributed by atoms with Crippen LogP contribution in [0.2, 0.25) is 0 Å². The zero-order valence-electron chi connectivity index (χ0n) is 12.8. The highest BCUT2D eigenvalue weighted by molar-refractivity contribution is 9.10. The minimum atomic E-state index is -3.63. The highest BCUT2D eigenvalue weighted by Crippen LogP contribution is 2.31. The second-order valence-electron chi connectivity index (χ2n) is 5.25. The van der Waals surface area contributed by atoms with Gasteiger partial charge in [0.2, 0.25) is 9.84 Å². The second kappa shape index (κ2) is 7.16. The summed E-state index contributed by atoms with van der Waals surface area (Å²) in [7, 11) is -3.63. The third-order valence-corrected chi connectivity index (χ3v) is 5.87. The Labute approximate surface area is 150 Å². The molecule has 0 saturated carbocycles. The zero-order chi connectivity index (χ0) is 17.0. The fourth-order valence-electron chi connectivity index (χ4n) is 2.39. The van der Waals surface area contributed by atoms with E-state index in [2.05, 4.69) is 15.9 Å². The first-order valence-corrected chi connectivity index (χ1v) is 9.68. The average molecular weight is 399 g/mol. The Morgan fingerprint density at radius 3 is 2.04 bits per heavy atom. The number of halogens is 1. The molecule has 0 fully saturated rings. The molecule has 0 heterocycles. The van der Waals surface area contributed by atoms with E-state index in [0.717, 1.165) is 10.0 Å². The van der Waals surface area contributed by atoms with E-state index in [4.69, 9.17) is 0 Å². The van der Waals surface area contributed by atoms with Crippen molar-refractivity contribution in [1.29, 1.82) is 0 Å². The van der Waals surface area contributed by atoms with Gasteiger partial charge in [-0.25, -0.2) is 8.42 Å². The van der Waals surface area contributed by atoms with E-state index < -0.39 is 9.84 Å². The quantitative estimate of drug-likeness (QED) is 0.549. The molecule has 3 aromatic carbocycles. The molecule has 3 aromatic rings. The molecular weight excluding hydrogens is 384 g/mol. The lowest BCUT2D eigenvalue weighted by Crippen LogP contribution is -2.04. The van der Waals surface area contributed by atoms with Crippen molar-refractivity contribution in [3.8, 4) is 0 Å². The van der Waals surface area contributed by atoms with Gasteiger partial charge in [-0.1, -0.05) is 76.6 Å². The Hall–Kier alpha value is -2.17. The van der Waals surface area contributed by atoms with E-state index >= 15 is 0 Å². The third kappa shape index (κ3) is 3.66. The molecule has 24 heavy (non-hydrogen) atoms. The van der Waals surface area contributed by atoms with Gasteiger partial charge in [0.15, 0.2) is 0 Å². The van der Waals surface area contributed by atoms with Crippen LogP contribution >= 0.6 is 15.9 Å². The van der Waals surface area contributed by atoms with Gasteiger partial charge < -0.3 is 0 Å². The van der Waals surface area contributed by atoms with Crippen LogP contribution in [0.1, 0.15) is 11.1 Å². The van der Waals surface area contributed by atoms with Gasteiger partial charge in [-0.3, -0.25) is 0 Å². The molecule has 2 nitrogen and oxygen atoms in total. The summed E-state index contributed by atoms with van der Waals surface area (Å²) in [4.78, 5) is 0.563. The molecule has 0 unspecified atom stereocenters. The van der Waals surface area contributed by atoms with Crippen molar-refractivity contribution in [3.05, 3.63) is 101 Å². The first-order valence-electron chi connectivity index (χ1n) is 7.40. The number of hydrogen-bond donors (Lipinski definition) is 0. The molecule has 120 valence electrons. The lowest BCUT2D eigenvalue weighted by molar-refractivity contribution is 0.606. The SMILES string of the molecule is O=S(=O)(/C(=C/c1ccccc1)c1cccc(Br)c1)c1ccccc1. The van der Waals surface area contributed by atoms with Crippen molar-refractivity contribution < 1.29 is 8.42 Å². The van der Waals surface area contributed by atoms with Crippen LogP contribution in [0, 0.1) is 0 Å². The van der Waals surface area contributed by atoms with Gasteiger partial charge >= 0.3 is 0 Å². The predicted molar refractivity (Wildman–Crippen MR) is 102 cm³/mol. The number of hydrogen-bond acceptors (Lipinski definition) is 2. The normalized spacial score (nSPS) is 12.1.